The maximum Gasteiger partial charge on any atom is 0.314 e. The summed E-state index contributed by atoms with van der Waals surface area (Å²) in [6.07, 6.45) is 4.26. The van der Waals surface area contributed by atoms with Crippen molar-refractivity contribution in [2.45, 2.75) is 23.7 Å². The Labute approximate surface area is 242 Å². The van der Waals surface area contributed by atoms with Gasteiger partial charge in [0.25, 0.3) is 0 Å². The lowest BCUT2D eigenvalue weighted by Gasteiger charge is -2.50. The highest BCUT2D eigenvalue weighted by atomic mass is 16.5. The number of esters is 2. The molecule has 2 aromatic heterocycles. The lowest BCUT2D eigenvalue weighted by Crippen LogP contribution is -2.56. The van der Waals surface area contributed by atoms with E-state index in [-0.39, 0.29) is 35.6 Å². The van der Waals surface area contributed by atoms with Gasteiger partial charge in [0.1, 0.15) is 22.3 Å². The van der Waals surface area contributed by atoms with Crippen molar-refractivity contribution in [3.05, 3.63) is 83.2 Å². The molecule has 2 bridgehead atoms. The molecule has 3 saturated carbocycles. The average Bonchev–Trinajstić information content (AvgIpc) is 3.39. The predicted molar refractivity (Wildman–Crippen MR) is 151 cm³/mol. The van der Waals surface area contributed by atoms with Crippen molar-refractivity contribution in [2.24, 2.45) is 22.7 Å². The van der Waals surface area contributed by atoms with Gasteiger partial charge >= 0.3 is 11.9 Å². The number of hydrogen-bond donors (Lipinski definition) is 0. The molecule has 3 fully saturated rings. The van der Waals surface area contributed by atoms with Crippen molar-refractivity contribution in [1.29, 1.82) is 0 Å². The van der Waals surface area contributed by atoms with Crippen LogP contribution in [0.5, 0.6) is 11.5 Å². The first-order valence-corrected chi connectivity index (χ1v) is 14.3. The summed E-state index contributed by atoms with van der Waals surface area (Å²) in [6.45, 7) is 0. The number of carbonyl (C=O) groups is 2. The maximum atomic E-state index is 14.5. The van der Waals surface area contributed by atoms with E-state index >= 15 is 0 Å². The van der Waals surface area contributed by atoms with E-state index in [1.54, 1.807) is 26.6 Å². The van der Waals surface area contributed by atoms with E-state index in [4.69, 9.17) is 28.9 Å². The van der Waals surface area contributed by atoms with Crippen LogP contribution in [0.25, 0.3) is 22.2 Å². The van der Waals surface area contributed by atoms with E-state index in [9.17, 15) is 9.59 Å². The molecule has 8 nitrogen and oxygen atoms in total. The number of pyridine rings is 2. The van der Waals surface area contributed by atoms with Crippen molar-refractivity contribution in [2.75, 3.05) is 28.4 Å². The Morgan fingerprint density at radius 3 is 1.55 bits per heavy atom. The molecule has 6 atom stereocenters. The second-order valence-electron chi connectivity index (χ2n) is 12.1. The Bertz CT molecular complexity index is 1780. The van der Waals surface area contributed by atoms with Gasteiger partial charge in [-0.05, 0) is 53.4 Å². The quantitative estimate of drug-likeness (QED) is 0.200. The molecule has 4 aromatic rings. The third-order valence-corrected chi connectivity index (χ3v) is 11.5. The molecule has 0 aliphatic heterocycles. The Balaban J connectivity index is 1.40. The predicted octanol–water partition coefficient (Wildman–Crippen LogP) is 4.78. The Morgan fingerprint density at radius 1 is 0.690 bits per heavy atom. The highest BCUT2D eigenvalue weighted by molar-refractivity contribution is 6.09. The summed E-state index contributed by atoms with van der Waals surface area (Å²) >= 11 is 0. The monoisotopic (exact) mass is 560 g/mol. The molecule has 0 amide bonds. The van der Waals surface area contributed by atoms with E-state index in [0.29, 0.717) is 11.4 Å². The summed E-state index contributed by atoms with van der Waals surface area (Å²) in [5.74, 6) is 0.409. The molecule has 0 unspecified atom stereocenters. The zero-order valence-corrected chi connectivity index (χ0v) is 23.6. The standard InChI is InChI=1S/C34H28N2O6/c1-39-28-16-9-5-6-10-17(16)29(40-2)23-19-15-18(22(23)28)24-25(19)34(31(38)42-4)32(33(24,34)30(37)41-3)20-11-7-13-35-26(20)27-21(32)12-8-14-36-27/h5-14,18-19,24-25H,15H2,1-4H3/t18-,19+,24-,25+,33+,34-. The first-order valence-electron chi connectivity index (χ1n) is 14.3. The molecule has 0 radical (unpaired) electrons. The summed E-state index contributed by atoms with van der Waals surface area (Å²) < 4.78 is 23.6. The normalized spacial score (nSPS) is 30.9. The van der Waals surface area contributed by atoms with Gasteiger partial charge in [-0.1, -0.05) is 36.4 Å². The third-order valence-electron chi connectivity index (χ3n) is 11.5. The molecular weight excluding hydrogens is 532 g/mol. The number of benzene rings is 2. The summed E-state index contributed by atoms with van der Waals surface area (Å²) in [6, 6.07) is 15.8. The van der Waals surface area contributed by atoms with E-state index in [1.165, 1.54) is 14.2 Å². The van der Waals surface area contributed by atoms with Crippen LogP contribution in [-0.2, 0) is 24.5 Å². The molecule has 0 saturated heterocycles. The number of hydrogen-bond acceptors (Lipinski definition) is 8. The van der Waals surface area contributed by atoms with E-state index < -0.39 is 16.2 Å². The Morgan fingerprint density at radius 2 is 1.14 bits per heavy atom. The number of nitrogens with zero attached hydrogens (tertiary/aromatic N) is 2. The molecule has 8 heteroatoms. The highest BCUT2D eigenvalue weighted by Gasteiger charge is 3.09. The molecular formula is C34H28N2O6. The summed E-state index contributed by atoms with van der Waals surface area (Å²) in [7, 11) is 6.24. The molecule has 5 aliphatic carbocycles. The molecule has 210 valence electrons. The van der Waals surface area contributed by atoms with Crippen LogP contribution in [0, 0.1) is 22.7 Å². The van der Waals surface area contributed by atoms with Gasteiger partial charge in [0.15, 0.2) is 0 Å². The average molecular weight is 561 g/mol. The molecule has 1 spiro atoms. The van der Waals surface area contributed by atoms with Crippen molar-refractivity contribution in [3.8, 4) is 22.9 Å². The molecule has 0 N–H and O–H groups in total. The van der Waals surface area contributed by atoms with Crippen LogP contribution in [0.15, 0.2) is 60.9 Å². The molecule has 42 heavy (non-hydrogen) atoms. The third kappa shape index (κ3) is 2.00. The smallest absolute Gasteiger partial charge is 0.314 e. The number of rotatable bonds is 4. The van der Waals surface area contributed by atoms with Crippen molar-refractivity contribution < 1.29 is 28.5 Å². The number of ether oxygens (including phenoxy) is 4. The number of methoxy groups -OCH3 is 4. The SMILES string of the molecule is COC(=O)[C@@]12[C@@H]3[C@@H]([C@@H]4C[C@H]3c3c4c(OC)c4ccccc4c3OC)[C@]1(C(=O)OC)C21c2cccnc2-c2ncccc21. The fraction of sp³-hybridized carbons (Fsp3) is 0.353. The Hall–Kier alpha value is -4.46. The van der Waals surface area contributed by atoms with Gasteiger partial charge in [-0.3, -0.25) is 19.6 Å². The van der Waals surface area contributed by atoms with Gasteiger partial charge in [-0.25, -0.2) is 0 Å². The number of fused-ring (bicyclic) bond motifs is 19. The summed E-state index contributed by atoms with van der Waals surface area (Å²) in [5.41, 5.74) is 1.89. The molecule has 5 aliphatic rings. The van der Waals surface area contributed by atoms with Crippen molar-refractivity contribution in [3.63, 3.8) is 0 Å². The largest absolute Gasteiger partial charge is 0.496 e. The number of carbonyl (C=O) groups excluding carboxylic acids is 2. The van der Waals surface area contributed by atoms with Gasteiger partial charge in [-0.15, -0.1) is 0 Å². The minimum Gasteiger partial charge on any atom is -0.496 e. The minimum absolute atomic E-state index is 0.0412. The summed E-state index contributed by atoms with van der Waals surface area (Å²) in [5, 5.41) is 1.95. The van der Waals surface area contributed by atoms with E-state index in [1.807, 2.05) is 36.4 Å². The lowest BCUT2D eigenvalue weighted by atomic mass is 9.51. The molecule has 2 heterocycles. The highest BCUT2D eigenvalue weighted by Crippen LogP contribution is 3.02. The zero-order chi connectivity index (χ0) is 28.8. The first-order chi connectivity index (χ1) is 20.5. The van der Waals surface area contributed by atoms with Crippen LogP contribution < -0.4 is 9.47 Å². The van der Waals surface area contributed by atoms with Gasteiger partial charge in [0.2, 0.25) is 0 Å². The van der Waals surface area contributed by atoms with Gasteiger partial charge in [-0.2, -0.15) is 0 Å². The molecule has 9 rings (SSSR count). The number of aromatic nitrogens is 2. The van der Waals surface area contributed by atoms with Gasteiger partial charge in [0.05, 0.1) is 45.2 Å². The van der Waals surface area contributed by atoms with Crippen LogP contribution in [-0.4, -0.2) is 50.3 Å². The molecule has 2 aromatic carbocycles. The fourth-order valence-corrected chi connectivity index (χ4v) is 10.9. The van der Waals surface area contributed by atoms with Crippen LogP contribution in [0.2, 0.25) is 0 Å². The first kappa shape index (κ1) is 24.2. The van der Waals surface area contributed by atoms with Crippen LogP contribution >= 0.6 is 0 Å². The van der Waals surface area contributed by atoms with Crippen LogP contribution in [0.1, 0.15) is 40.5 Å². The lowest BCUT2D eigenvalue weighted by molar-refractivity contribution is -0.178. The van der Waals surface area contributed by atoms with Crippen molar-refractivity contribution in [1.82, 2.24) is 9.97 Å². The van der Waals surface area contributed by atoms with Crippen LogP contribution in [0.3, 0.4) is 0 Å². The van der Waals surface area contributed by atoms with E-state index in [2.05, 4.69) is 12.1 Å². The van der Waals surface area contributed by atoms with E-state index in [0.717, 1.165) is 50.9 Å². The Kier molecular flexibility index (Phi) is 4.31. The maximum absolute atomic E-state index is 14.5. The topological polar surface area (TPSA) is 96.8 Å². The second kappa shape index (κ2) is 7.48. The van der Waals surface area contributed by atoms with Crippen LogP contribution in [0.4, 0.5) is 0 Å². The second-order valence-corrected chi connectivity index (χ2v) is 12.1. The van der Waals surface area contributed by atoms with Crippen molar-refractivity contribution >= 4 is 22.7 Å². The van der Waals surface area contributed by atoms with Gasteiger partial charge in [0, 0.05) is 34.3 Å². The zero-order valence-electron chi connectivity index (χ0n) is 23.6. The fourth-order valence-electron chi connectivity index (χ4n) is 10.9. The van der Waals surface area contributed by atoms with Gasteiger partial charge < -0.3 is 18.9 Å². The minimum atomic E-state index is -1.18. The summed E-state index contributed by atoms with van der Waals surface area (Å²) in [4.78, 5) is 38.4.